The quantitative estimate of drug-likeness (QED) is 0.737. The van der Waals surface area contributed by atoms with Crippen LogP contribution in [-0.4, -0.2) is 25.2 Å². The maximum atomic E-state index is 12.1. The van der Waals surface area contributed by atoms with Gasteiger partial charge in [-0.2, -0.15) is 0 Å². The highest BCUT2D eigenvalue weighted by Gasteiger charge is 2.56. The second-order valence-electron chi connectivity index (χ2n) is 5.87. The van der Waals surface area contributed by atoms with Crippen LogP contribution in [0.1, 0.15) is 38.5 Å². The van der Waals surface area contributed by atoms with Crippen molar-refractivity contribution in [1.29, 1.82) is 0 Å². The molecule has 0 saturated heterocycles. The van der Waals surface area contributed by atoms with Crippen molar-refractivity contribution in [2.75, 3.05) is 13.7 Å². The van der Waals surface area contributed by atoms with Crippen molar-refractivity contribution in [3.8, 4) is 0 Å². The van der Waals surface area contributed by atoms with E-state index in [0.29, 0.717) is 5.92 Å². The van der Waals surface area contributed by atoms with Crippen LogP contribution < -0.4 is 5.32 Å². The zero-order valence-corrected chi connectivity index (χ0v) is 10.00. The molecule has 3 aliphatic rings. The molecule has 0 aromatic carbocycles. The molecule has 3 aliphatic carbocycles. The zero-order chi connectivity index (χ0) is 11.2. The molecule has 0 aromatic rings. The van der Waals surface area contributed by atoms with E-state index in [9.17, 15) is 4.79 Å². The summed E-state index contributed by atoms with van der Waals surface area (Å²) >= 11 is 0. The lowest BCUT2D eigenvalue weighted by Crippen LogP contribution is -2.56. The number of rotatable bonds is 4. The Bertz CT molecular complexity index is 300. The first-order chi connectivity index (χ1) is 7.74. The molecule has 0 radical (unpaired) electrons. The van der Waals surface area contributed by atoms with Crippen LogP contribution in [0, 0.1) is 17.8 Å². The van der Waals surface area contributed by atoms with Gasteiger partial charge in [-0.05, 0) is 56.4 Å². The fourth-order valence-electron chi connectivity index (χ4n) is 3.70. The largest absolute Gasteiger partial charge is 0.468 e. The number of esters is 1. The van der Waals surface area contributed by atoms with Crippen molar-refractivity contribution in [3.63, 3.8) is 0 Å². The Morgan fingerprint density at radius 3 is 2.69 bits per heavy atom. The Balaban J connectivity index is 1.74. The Kier molecular flexibility index (Phi) is 2.46. The van der Waals surface area contributed by atoms with Gasteiger partial charge in [0.1, 0.15) is 5.54 Å². The fraction of sp³-hybridized carbons (Fsp3) is 0.923. The molecule has 3 rings (SSSR count). The second-order valence-corrected chi connectivity index (χ2v) is 5.87. The van der Waals surface area contributed by atoms with E-state index in [1.807, 2.05) is 0 Å². The molecule has 3 nitrogen and oxygen atoms in total. The average Bonchev–Trinajstić information content (AvgIpc) is 2.93. The predicted molar refractivity (Wildman–Crippen MR) is 60.9 cm³/mol. The predicted octanol–water partition coefficient (Wildman–Crippen LogP) is 1.72. The Morgan fingerprint density at radius 1 is 1.38 bits per heavy atom. The highest BCUT2D eigenvalue weighted by Crippen LogP contribution is 2.51. The monoisotopic (exact) mass is 223 g/mol. The smallest absolute Gasteiger partial charge is 0.326 e. The third-order valence-electron chi connectivity index (χ3n) is 4.80. The minimum Gasteiger partial charge on any atom is -0.468 e. The van der Waals surface area contributed by atoms with Gasteiger partial charge in [-0.15, -0.1) is 0 Å². The molecule has 0 spiro atoms. The highest BCUT2D eigenvalue weighted by molar-refractivity contribution is 5.82. The Hall–Kier alpha value is -0.570. The molecule has 3 atom stereocenters. The van der Waals surface area contributed by atoms with Gasteiger partial charge >= 0.3 is 5.97 Å². The van der Waals surface area contributed by atoms with Crippen LogP contribution in [-0.2, 0) is 9.53 Å². The van der Waals surface area contributed by atoms with Crippen molar-refractivity contribution >= 4 is 5.97 Å². The lowest BCUT2D eigenvalue weighted by molar-refractivity contribution is -0.151. The van der Waals surface area contributed by atoms with Gasteiger partial charge in [0.05, 0.1) is 7.11 Å². The van der Waals surface area contributed by atoms with Crippen LogP contribution in [0.2, 0.25) is 0 Å². The molecule has 0 heterocycles. The van der Waals surface area contributed by atoms with Crippen LogP contribution in [0.25, 0.3) is 0 Å². The summed E-state index contributed by atoms with van der Waals surface area (Å²) < 4.78 is 5.04. The summed E-state index contributed by atoms with van der Waals surface area (Å²) in [6.45, 7) is 1.01. The summed E-state index contributed by atoms with van der Waals surface area (Å²) in [6, 6.07) is 0. The van der Waals surface area contributed by atoms with E-state index in [4.69, 9.17) is 4.74 Å². The van der Waals surface area contributed by atoms with Gasteiger partial charge < -0.3 is 10.1 Å². The van der Waals surface area contributed by atoms with E-state index in [1.165, 1.54) is 39.2 Å². The standard InChI is InChI=1S/C13H21NO2/c1-16-12(15)13(14-8-9-2-3-9)7-10-4-5-11(13)6-10/h9-11,14H,2-8H2,1H3. The molecule has 90 valence electrons. The molecule has 3 unspecified atom stereocenters. The zero-order valence-electron chi connectivity index (χ0n) is 10.00. The molecule has 0 aliphatic heterocycles. The number of hydrogen-bond donors (Lipinski definition) is 1. The van der Waals surface area contributed by atoms with Crippen LogP contribution in [0.4, 0.5) is 0 Å². The van der Waals surface area contributed by atoms with E-state index in [2.05, 4.69) is 5.32 Å². The number of fused-ring (bicyclic) bond motifs is 2. The molecule has 16 heavy (non-hydrogen) atoms. The third kappa shape index (κ3) is 1.56. The number of carbonyl (C=O) groups excluding carboxylic acids is 1. The highest BCUT2D eigenvalue weighted by atomic mass is 16.5. The van der Waals surface area contributed by atoms with E-state index >= 15 is 0 Å². The first-order valence-corrected chi connectivity index (χ1v) is 6.58. The molecule has 3 saturated carbocycles. The van der Waals surface area contributed by atoms with Gasteiger partial charge in [0.2, 0.25) is 0 Å². The van der Waals surface area contributed by atoms with Crippen LogP contribution >= 0.6 is 0 Å². The van der Waals surface area contributed by atoms with Gasteiger partial charge in [-0.1, -0.05) is 6.42 Å². The number of ether oxygens (including phenoxy) is 1. The summed E-state index contributed by atoms with van der Waals surface area (Å²) in [5, 5.41) is 3.56. The fourth-order valence-corrected chi connectivity index (χ4v) is 3.70. The summed E-state index contributed by atoms with van der Waals surface area (Å²) in [7, 11) is 1.52. The number of methoxy groups -OCH3 is 1. The van der Waals surface area contributed by atoms with E-state index in [0.717, 1.165) is 24.8 Å². The molecule has 1 N–H and O–H groups in total. The van der Waals surface area contributed by atoms with Crippen LogP contribution in [0.3, 0.4) is 0 Å². The first kappa shape index (κ1) is 10.6. The maximum Gasteiger partial charge on any atom is 0.326 e. The molecule has 0 amide bonds. The van der Waals surface area contributed by atoms with Crippen LogP contribution in [0.15, 0.2) is 0 Å². The van der Waals surface area contributed by atoms with Crippen molar-refractivity contribution in [3.05, 3.63) is 0 Å². The second kappa shape index (κ2) is 3.73. The molecule has 3 heteroatoms. The van der Waals surface area contributed by atoms with Crippen molar-refractivity contribution < 1.29 is 9.53 Å². The van der Waals surface area contributed by atoms with E-state index in [-0.39, 0.29) is 11.5 Å². The first-order valence-electron chi connectivity index (χ1n) is 6.58. The van der Waals surface area contributed by atoms with Gasteiger partial charge in [0.15, 0.2) is 0 Å². The molecular weight excluding hydrogens is 202 g/mol. The summed E-state index contributed by atoms with van der Waals surface area (Å²) in [6.07, 6.45) is 7.42. The summed E-state index contributed by atoms with van der Waals surface area (Å²) in [4.78, 5) is 12.1. The number of carbonyl (C=O) groups is 1. The van der Waals surface area contributed by atoms with Gasteiger partial charge in [0.25, 0.3) is 0 Å². The summed E-state index contributed by atoms with van der Waals surface area (Å²) in [5.74, 6) is 2.10. The SMILES string of the molecule is COC(=O)C1(NCC2CC2)CC2CCC1C2. The lowest BCUT2D eigenvalue weighted by Gasteiger charge is -2.36. The minimum absolute atomic E-state index is 0.0136. The molecular formula is C13H21NO2. The maximum absolute atomic E-state index is 12.1. The Labute approximate surface area is 96.9 Å². The van der Waals surface area contributed by atoms with E-state index < -0.39 is 0 Å². The van der Waals surface area contributed by atoms with Crippen molar-refractivity contribution in [1.82, 2.24) is 5.32 Å². The van der Waals surface area contributed by atoms with Gasteiger partial charge in [0, 0.05) is 0 Å². The van der Waals surface area contributed by atoms with Gasteiger partial charge in [-0.25, -0.2) is 0 Å². The average molecular weight is 223 g/mol. The Morgan fingerprint density at radius 2 is 2.19 bits per heavy atom. The molecule has 0 aromatic heterocycles. The molecule has 2 bridgehead atoms. The van der Waals surface area contributed by atoms with Crippen LogP contribution in [0.5, 0.6) is 0 Å². The lowest BCUT2D eigenvalue weighted by atomic mass is 9.80. The minimum atomic E-state index is -0.319. The topological polar surface area (TPSA) is 38.3 Å². The van der Waals surface area contributed by atoms with Crippen molar-refractivity contribution in [2.24, 2.45) is 17.8 Å². The number of nitrogens with one attached hydrogen (secondary N) is 1. The third-order valence-corrected chi connectivity index (χ3v) is 4.80. The normalized spacial score (nSPS) is 41.3. The number of hydrogen-bond acceptors (Lipinski definition) is 3. The van der Waals surface area contributed by atoms with E-state index in [1.54, 1.807) is 0 Å². The summed E-state index contributed by atoms with van der Waals surface area (Å²) in [5.41, 5.74) is -0.319. The van der Waals surface area contributed by atoms with Crippen molar-refractivity contribution in [2.45, 2.75) is 44.1 Å². The molecule has 3 fully saturated rings. The van der Waals surface area contributed by atoms with Gasteiger partial charge in [-0.3, -0.25) is 4.79 Å².